The zero-order chi connectivity index (χ0) is 21.6. The summed E-state index contributed by atoms with van der Waals surface area (Å²) in [4.78, 5) is 25.8. The number of rotatable bonds is 3. The van der Waals surface area contributed by atoms with Crippen LogP contribution in [0, 0.1) is 16.7 Å². The second-order valence-electron chi connectivity index (χ2n) is 8.85. The molecule has 5 rings (SSSR count). The Hall–Kier alpha value is -3.17. The van der Waals surface area contributed by atoms with Crippen molar-refractivity contribution in [2.45, 2.75) is 50.2 Å². The van der Waals surface area contributed by atoms with Crippen molar-refractivity contribution in [1.29, 1.82) is 5.26 Å². The van der Waals surface area contributed by atoms with Gasteiger partial charge in [0.05, 0.1) is 24.2 Å². The Morgan fingerprint density at radius 1 is 1.10 bits per heavy atom. The van der Waals surface area contributed by atoms with E-state index < -0.39 is 5.54 Å². The molecule has 1 saturated carbocycles. The van der Waals surface area contributed by atoms with E-state index in [1.54, 1.807) is 31.4 Å². The van der Waals surface area contributed by atoms with Gasteiger partial charge in [-0.25, -0.2) is 0 Å². The number of hydrogen-bond donors (Lipinski definition) is 1. The average molecular weight is 416 g/mol. The molecule has 2 aromatic rings. The van der Waals surface area contributed by atoms with Crippen LogP contribution in [0.2, 0.25) is 0 Å². The van der Waals surface area contributed by atoms with E-state index in [0.717, 1.165) is 43.2 Å². The number of nitrogens with one attached hydrogen (secondary N) is 1. The van der Waals surface area contributed by atoms with Crippen LogP contribution in [0.5, 0.6) is 11.5 Å². The quantitative estimate of drug-likeness (QED) is 0.770. The summed E-state index contributed by atoms with van der Waals surface area (Å²) in [6.07, 6.45) is 4.28. The van der Waals surface area contributed by atoms with Crippen LogP contribution < -0.4 is 10.1 Å². The number of ketones is 1. The summed E-state index contributed by atoms with van der Waals surface area (Å²) in [6.45, 7) is 0. The molecular formula is C25H24N2O4. The third-order valence-electron chi connectivity index (χ3n) is 7.30. The first kappa shape index (κ1) is 19.8. The Labute approximate surface area is 181 Å². The smallest absolute Gasteiger partial charge is 0.228 e. The zero-order valence-corrected chi connectivity index (χ0v) is 17.4. The third-order valence-corrected chi connectivity index (χ3v) is 7.30. The van der Waals surface area contributed by atoms with Crippen LogP contribution in [-0.4, -0.2) is 24.9 Å². The highest BCUT2D eigenvalue weighted by atomic mass is 16.5. The lowest BCUT2D eigenvalue weighted by molar-refractivity contribution is -0.129. The van der Waals surface area contributed by atoms with Gasteiger partial charge < -0.3 is 14.8 Å². The summed E-state index contributed by atoms with van der Waals surface area (Å²) in [5.41, 5.74) is 1.14. The number of carbonyl (C=O) groups excluding carboxylic acids is 2. The number of ether oxygens (including phenoxy) is 2. The van der Waals surface area contributed by atoms with Crippen molar-refractivity contribution >= 4 is 11.7 Å². The van der Waals surface area contributed by atoms with E-state index in [9.17, 15) is 9.59 Å². The van der Waals surface area contributed by atoms with E-state index in [4.69, 9.17) is 14.7 Å². The number of fused-ring (bicyclic) bond motifs is 3. The maximum Gasteiger partial charge on any atom is 0.228 e. The lowest BCUT2D eigenvalue weighted by Crippen LogP contribution is -2.56. The molecular weight excluding hydrogens is 392 g/mol. The fourth-order valence-corrected chi connectivity index (χ4v) is 5.85. The molecule has 2 aromatic carbocycles. The van der Waals surface area contributed by atoms with E-state index in [0.29, 0.717) is 17.1 Å². The van der Waals surface area contributed by atoms with Gasteiger partial charge in [-0.05, 0) is 73.6 Å². The third kappa shape index (κ3) is 2.95. The monoisotopic (exact) mass is 416 g/mol. The standard InChI is InChI=1S/C25H24N2O4/c1-30-18-7-9-24(10-8-18)14-17-5-6-20(31-19-4-2-3-16(11-19)15-26)12-21(17)25(24)22(28)13-23(29)27-25/h2-6,11-12,18H,7-10,13-14H2,1H3,(H,27,29). The second kappa shape index (κ2) is 7.21. The maximum absolute atomic E-state index is 13.4. The summed E-state index contributed by atoms with van der Waals surface area (Å²) in [7, 11) is 1.73. The van der Waals surface area contributed by atoms with Crippen LogP contribution >= 0.6 is 0 Å². The first-order valence-corrected chi connectivity index (χ1v) is 10.7. The van der Waals surface area contributed by atoms with E-state index in [2.05, 4.69) is 11.4 Å². The fourth-order valence-electron chi connectivity index (χ4n) is 5.85. The van der Waals surface area contributed by atoms with Crippen LogP contribution in [0.25, 0.3) is 0 Å². The van der Waals surface area contributed by atoms with E-state index in [1.165, 1.54) is 0 Å². The molecule has 2 aliphatic carbocycles. The van der Waals surface area contributed by atoms with Crippen LogP contribution in [0.15, 0.2) is 42.5 Å². The Kier molecular flexibility index (Phi) is 4.60. The Morgan fingerprint density at radius 2 is 1.87 bits per heavy atom. The first-order valence-electron chi connectivity index (χ1n) is 10.7. The molecule has 6 heteroatoms. The molecule has 158 valence electrons. The Morgan fingerprint density at radius 3 is 2.55 bits per heavy atom. The van der Waals surface area contributed by atoms with Crippen molar-refractivity contribution in [3.63, 3.8) is 0 Å². The van der Waals surface area contributed by atoms with Crippen LogP contribution in [0.3, 0.4) is 0 Å². The van der Waals surface area contributed by atoms with Crippen molar-refractivity contribution in [1.82, 2.24) is 5.32 Å². The SMILES string of the molecule is COC1CCC2(CC1)Cc1ccc(Oc3cccc(C#N)c3)cc1C21NC(=O)CC1=O. The summed E-state index contributed by atoms with van der Waals surface area (Å²) >= 11 is 0. The minimum absolute atomic E-state index is 0.0456. The molecule has 0 aromatic heterocycles. The molecule has 2 fully saturated rings. The summed E-state index contributed by atoms with van der Waals surface area (Å²) in [5, 5.41) is 12.2. The molecule has 1 atom stereocenters. The van der Waals surface area contributed by atoms with Gasteiger partial charge in [0, 0.05) is 12.5 Å². The molecule has 1 heterocycles. The summed E-state index contributed by atoms with van der Waals surface area (Å²) in [5.74, 6) is 0.891. The predicted molar refractivity (Wildman–Crippen MR) is 113 cm³/mol. The number of hydrogen-bond acceptors (Lipinski definition) is 5. The van der Waals surface area contributed by atoms with Gasteiger partial charge >= 0.3 is 0 Å². The van der Waals surface area contributed by atoms with Gasteiger partial charge in [0.25, 0.3) is 0 Å². The zero-order valence-electron chi connectivity index (χ0n) is 17.4. The topological polar surface area (TPSA) is 88.4 Å². The van der Waals surface area contributed by atoms with E-state index >= 15 is 0 Å². The van der Waals surface area contributed by atoms with Gasteiger partial charge in [-0.3, -0.25) is 9.59 Å². The van der Waals surface area contributed by atoms with Gasteiger partial charge in [-0.1, -0.05) is 12.1 Å². The van der Waals surface area contributed by atoms with E-state index in [1.807, 2.05) is 18.2 Å². The number of methoxy groups -OCH3 is 1. The molecule has 6 nitrogen and oxygen atoms in total. The van der Waals surface area contributed by atoms with Crippen LogP contribution in [0.1, 0.15) is 48.8 Å². The second-order valence-corrected chi connectivity index (χ2v) is 8.85. The molecule has 1 unspecified atom stereocenters. The fraction of sp³-hybridized carbons (Fsp3) is 0.400. The molecule has 1 amide bonds. The number of Topliss-reactive ketones (excluding diaryl/α,β-unsaturated/α-hetero) is 1. The van der Waals surface area contributed by atoms with Crippen molar-refractivity contribution in [3.05, 3.63) is 59.2 Å². The van der Waals surface area contributed by atoms with Gasteiger partial charge in [0.2, 0.25) is 5.91 Å². The molecule has 1 N–H and O–H groups in total. The molecule has 0 bridgehead atoms. The number of amides is 1. The van der Waals surface area contributed by atoms with Gasteiger partial charge in [0.15, 0.2) is 5.78 Å². The summed E-state index contributed by atoms with van der Waals surface area (Å²) in [6, 6.07) is 14.9. The molecule has 0 radical (unpaired) electrons. The van der Waals surface area contributed by atoms with Crippen LogP contribution in [-0.2, 0) is 26.3 Å². The first-order chi connectivity index (χ1) is 15.0. The maximum atomic E-state index is 13.4. The average Bonchev–Trinajstić information content (AvgIpc) is 3.23. The Balaban J connectivity index is 1.55. The largest absolute Gasteiger partial charge is 0.457 e. The predicted octanol–water partition coefficient (Wildman–Crippen LogP) is 3.77. The van der Waals surface area contributed by atoms with Crippen LogP contribution in [0.4, 0.5) is 0 Å². The van der Waals surface area contributed by atoms with Crippen molar-refractivity contribution in [3.8, 4) is 17.6 Å². The highest BCUT2D eigenvalue weighted by molar-refractivity contribution is 6.11. The minimum Gasteiger partial charge on any atom is -0.457 e. The minimum atomic E-state index is -0.994. The van der Waals surface area contributed by atoms with Crippen molar-refractivity contribution < 1.29 is 19.1 Å². The normalized spacial score (nSPS) is 29.1. The highest BCUT2D eigenvalue weighted by Gasteiger charge is 2.65. The van der Waals surface area contributed by atoms with Gasteiger partial charge in [-0.2, -0.15) is 5.26 Å². The van der Waals surface area contributed by atoms with E-state index in [-0.39, 0.29) is 29.6 Å². The molecule has 3 aliphatic rings. The lowest BCUT2D eigenvalue weighted by Gasteiger charge is -2.47. The lowest BCUT2D eigenvalue weighted by atomic mass is 9.60. The molecule has 1 aliphatic heterocycles. The number of carbonyl (C=O) groups is 2. The van der Waals surface area contributed by atoms with Crippen molar-refractivity contribution in [2.75, 3.05) is 7.11 Å². The summed E-state index contributed by atoms with van der Waals surface area (Å²) < 4.78 is 11.6. The van der Waals surface area contributed by atoms with Gasteiger partial charge in [0.1, 0.15) is 17.0 Å². The molecule has 31 heavy (non-hydrogen) atoms. The van der Waals surface area contributed by atoms with Crippen molar-refractivity contribution in [2.24, 2.45) is 5.41 Å². The number of benzene rings is 2. The number of nitriles is 1. The Bertz CT molecular complexity index is 1110. The van der Waals surface area contributed by atoms with Gasteiger partial charge in [-0.15, -0.1) is 0 Å². The molecule has 2 spiro atoms. The number of nitrogens with zero attached hydrogens (tertiary/aromatic N) is 1. The molecule has 1 saturated heterocycles. The highest BCUT2D eigenvalue weighted by Crippen LogP contribution is 2.60.